The summed E-state index contributed by atoms with van der Waals surface area (Å²) >= 11 is 6.03. The number of carbonyl (C=O) groups excluding carboxylic acids is 1. The number of piperidine rings is 1. The minimum Gasteiger partial charge on any atom is -0.461 e. The smallest absolute Gasteiger partial charge is 0.340 e. The number of carbonyl (C=O) groups is 1. The Morgan fingerprint density at radius 3 is 2.43 bits per heavy atom. The van der Waals surface area contributed by atoms with Crippen LogP contribution in [-0.2, 0) is 9.53 Å². The second-order valence-corrected chi connectivity index (χ2v) is 10.0. The van der Waals surface area contributed by atoms with Gasteiger partial charge in [-0.2, -0.15) is 0 Å². The Kier molecular flexibility index (Phi) is 6.99. The highest BCUT2D eigenvalue weighted by atomic mass is 35.5. The number of nitrogens with zero attached hydrogens (tertiary/aromatic N) is 5. The van der Waals surface area contributed by atoms with Crippen molar-refractivity contribution in [2.24, 2.45) is 11.7 Å². The third-order valence-electron chi connectivity index (χ3n) is 6.75. The number of nitrogens with two attached hydrogens (primary N) is 1. The molecule has 1 fully saturated rings. The third kappa shape index (κ3) is 5.10. The van der Waals surface area contributed by atoms with Crippen LogP contribution >= 0.6 is 11.6 Å². The monoisotopic (exact) mass is 520 g/mol. The molecule has 192 valence electrons. The second kappa shape index (κ2) is 10.4. The molecule has 0 amide bonds. The molecule has 0 aliphatic carbocycles. The maximum absolute atomic E-state index is 13.4. The number of aromatic nitrogens is 4. The normalized spacial score (nSPS) is 15.3. The minimum absolute atomic E-state index is 0.0419. The van der Waals surface area contributed by atoms with Gasteiger partial charge in [0.15, 0.2) is 0 Å². The van der Waals surface area contributed by atoms with E-state index in [2.05, 4.69) is 14.9 Å². The summed E-state index contributed by atoms with van der Waals surface area (Å²) in [5.74, 6) is 0.506. The van der Waals surface area contributed by atoms with Gasteiger partial charge in [-0.15, -0.1) is 0 Å². The molecule has 5 rings (SSSR count). The Hall–Kier alpha value is -3.69. The Balaban J connectivity index is 1.31. The summed E-state index contributed by atoms with van der Waals surface area (Å²) in [6.45, 7) is 5.23. The van der Waals surface area contributed by atoms with E-state index in [0.29, 0.717) is 42.3 Å². The summed E-state index contributed by atoms with van der Waals surface area (Å²) in [5.41, 5.74) is 8.45. The second-order valence-electron chi connectivity index (χ2n) is 9.58. The molecule has 4 aromatic rings. The minimum atomic E-state index is -0.599. The van der Waals surface area contributed by atoms with E-state index < -0.39 is 6.04 Å². The van der Waals surface area contributed by atoms with Crippen molar-refractivity contribution in [1.82, 2.24) is 18.9 Å². The van der Waals surface area contributed by atoms with Gasteiger partial charge in [-0.05, 0) is 47.9 Å². The van der Waals surface area contributed by atoms with Gasteiger partial charge in [-0.1, -0.05) is 37.6 Å². The van der Waals surface area contributed by atoms with E-state index in [-0.39, 0.29) is 23.7 Å². The van der Waals surface area contributed by atoms with E-state index in [0.717, 1.165) is 17.1 Å². The molecule has 1 aliphatic rings. The Morgan fingerprint density at radius 2 is 1.78 bits per heavy atom. The van der Waals surface area contributed by atoms with E-state index >= 15 is 0 Å². The van der Waals surface area contributed by atoms with E-state index in [1.165, 1.54) is 10.9 Å². The van der Waals surface area contributed by atoms with Gasteiger partial charge in [-0.3, -0.25) is 9.36 Å². The lowest BCUT2D eigenvalue weighted by molar-refractivity contribution is -0.152. The molecule has 1 unspecified atom stereocenters. The Morgan fingerprint density at radius 1 is 1.05 bits per heavy atom. The van der Waals surface area contributed by atoms with Crippen molar-refractivity contribution in [2.75, 3.05) is 18.0 Å². The number of hydrogen-bond acceptors (Lipinski definition) is 7. The standard InChI is InChI=1S/C27H29ClN6O3/c1-17(2)25(29)26(35)37-21-11-13-32(14-12-21)23-9-7-20(15-30-23)33-16-31-24-10-8-22(34(24)27(33)36)18-3-5-19(28)6-4-18/h3-10,15-17,21,25H,11-14,29H2,1-2H3. The summed E-state index contributed by atoms with van der Waals surface area (Å²) in [6, 6.07) is 14.2. The van der Waals surface area contributed by atoms with Crippen LogP contribution < -0.4 is 16.3 Å². The number of benzene rings is 1. The van der Waals surface area contributed by atoms with Gasteiger partial charge in [0.1, 0.15) is 29.9 Å². The lowest BCUT2D eigenvalue weighted by atomic mass is 10.0. The molecule has 0 spiro atoms. The van der Waals surface area contributed by atoms with Crippen LogP contribution in [0, 0.1) is 5.92 Å². The number of ether oxygens (including phenoxy) is 1. The molecular weight excluding hydrogens is 492 g/mol. The molecule has 4 heterocycles. The van der Waals surface area contributed by atoms with Crippen LogP contribution in [0.3, 0.4) is 0 Å². The molecular formula is C27H29ClN6O3. The van der Waals surface area contributed by atoms with Crippen molar-refractivity contribution < 1.29 is 9.53 Å². The van der Waals surface area contributed by atoms with Crippen molar-refractivity contribution in [3.8, 4) is 16.9 Å². The van der Waals surface area contributed by atoms with Crippen LogP contribution in [-0.4, -0.2) is 50.1 Å². The zero-order chi connectivity index (χ0) is 26.1. The highest BCUT2D eigenvalue weighted by molar-refractivity contribution is 6.30. The molecule has 37 heavy (non-hydrogen) atoms. The largest absolute Gasteiger partial charge is 0.461 e. The van der Waals surface area contributed by atoms with Gasteiger partial charge in [0.05, 0.1) is 17.6 Å². The predicted octanol–water partition coefficient (Wildman–Crippen LogP) is 3.70. The van der Waals surface area contributed by atoms with Crippen LogP contribution in [0.25, 0.3) is 22.6 Å². The Bertz CT molecular complexity index is 1450. The highest BCUT2D eigenvalue weighted by Gasteiger charge is 2.26. The van der Waals surface area contributed by atoms with Gasteiger partial charge < -0.3 is 15.4 Å². The zero-order valence-electron chi connectivity index (χ0n) is 20.8. The molecule has 1 aromatic carbocycles. The molecule has 0 bridgehead atoms. The first kappa shape index (κ1) is 25.0. The molecule has 1 saturated heterocycles. The maximum atomic E-state index is 13.4. The fourth-order valence-corrected chi connectivity index (χ4v) is 4.58. The fourth-order valence-electron chi connectivity index (χ4n) is 4.45. The SMILES string of the molecule is CC(C)C(N)C(=O)OC1CCN(c2ccc(-n3cnc4ccc(-c5ccc(Cl)cc5)n4c3=O)cn2)CC1. The maximum Gasteiger partial charge on any atom is 0.340 e. The molecule has 9 nitrogen and oxygen atoms in total. The highest BCUT2D eigenvalue weighted by Crippen LogP contribution is 2.24. The van der Waals surface area contributed by atoms with E-state index in [9.17, 15) is 9.59 Å². The summed E-state index contributed by atoms with van der Waals surface area (Å²) in [7, 11) is 0. The number of fused-ring (bicyclic) bond motifs is 1. The third-order valence-corrected chi connectivity index (χ3v) is 7.00. The molecule has 0 saturated carbocycles. The van der Waals surface area contributed by atoms with Gasteiger partial charge in [0.25, 0.3) is 0 Å². The number of esters is 1. The molecule has 2 N–H and O–H groups in total. The zero-order valence-corrected chi connectivity index (χ0v) is 21.5. The lowest BCUT2D eigenvalue weighted by Crippen LogP contribution is -2.43. The van der Waals surface area contributed by atoms with Gasteiger partial charge in [0.2, 0.25) is 0 Å². The van der Waals surface area contributed by atoms with Gasteiger partial charge in [0, 0.05) is 31.0 Å². The summed E-state index contributed by atoms with van der Waals surface area (Å²) < 4.78 is 8.66. The first-order valence-corrected chi connectivity index (χ1v) is 12.7. The van der Waals surface area contributed by atoms with Crippen molar-refractivity contribution in [3.63, 3.8) is 0 Å². The number of pyridine rings is 1. The summed E-state index contributed by atoms with van der Waals surface area (Å²) in [5, 5.41) is 0.631. The number of anilines is 1. The van der Waals surface area contributed by atoms with E-state index in [1.807, 2.05) is 50.2 Å². The summed E-state index contributed by atoms with van der Waals surface area (Å²) in [6.07, 6.45) is 4.47. The van der Waals surface area contributed by atoms with E-state index in [1.54, 1.807) is 22.7 Å². The van der Waals surface area contributed by atoms with Gasteiger partial charge >= 0.3 is 11.7 Å². The van der Waals surface area contributed by atoms with Crippen LogP contribution in [0.15, 0.2) is 65.8 Å². The first-order chi connectivity index (χ1) is 17.8. The predicted molar refractivity (Wildman–Crippen MR) is 143 cm³/mol. The average molecular weight is 521 g/mol. The van der Waals surface area contributed by atoms with Crippen LogP contribution in [0.2, 0.25) is 5.02 Å². The van der Waals surface area contributed by atoms with Crippen LogP contribution in [0.1, 0.15) is 26.7 Å². The number of halogens is 1. The molecule has 0 radical (unpaired) electrons. The fraction of sp³-hybridized carbons (Fsp3) is 0.333. The van der Waals surface area contributed by atoms with Crippen molar-refractivity contribution >= 4 is 29.0 Å². The molecule has 3 aromatic heterocycles. The topological polar surface area (TPSA) is 108 Å². The van der Waals surface area contributed by atoms with Crippen LogP contribution in [0.5, 0.6) is 0 Å². The van der Waals surface area contributed by atoms with Crippen molar-refractivity contribution in [1.29, 1.82) is 0 Å². The average Bonchev–Trinajstić information content (AvgIpc) is 3.34. The molecule has 1 atom stereocenters. The van der Waals surface area contributed by atoms with Crippen molar-refractivity contribution in [2.45, 2.75) is 38.8 Å². The van der Waals surface area contributed by atoms with E-state index in [4.69, 9.17) is 22.1 Å². The summed E-state index contributed by atoms with van der Waals surface area (Å²) in [4.78, 5) is 36.8. The number of rotatable bonds is 6. The van der Waals surface area contributed by atoms with Gasteiger partial charge in [-0.25, -0.2) is 19.2 Å². The lowest BCUT2D eigenvalue weighted by Gasteiger charge is -2.33. The first-order valence-electron chi connectivity index (χ1n) is 12.3. The van der Waals surface area contributed by atoms with Crippen LogP contribution in [0.4, 0.5) is 5.82 Å². The molecule has 1 aliphatic heterocycles. The number of hydrogen-bond donors (Lipinski definition) is 1. The quantitative estimate of drug-likeness (QED) is 0.386. The van der Waals surface area contributed by atoms with Crippen molar-refractivity contribution in [3.05, 3.63) is 76.6 Å². The Labute approximate surface area is 219 Å². The molecule has 10 heteroatoms.